The summed E-state index contributed by atoms with van der Waals surface area (Å²) in [7, 11) is 1.55. The highest BCUT2D eigenvalue weighted by Gasteiger charge is 2.25. The van der Waals surface area contributed by atoms with Crippen molar-refractivity contribution in [3.8, 4) is 5.88 Å². The number of imide groups is 1. The molecule has 1 aromatic rings. The summed E-state index contributed by atoms with van der Waals surface area (Å²) in [6.45, 7) is 0.721. The highest BCUT2D eigenvalue weighted by molar-refractivity contribution is 8.18. The molecule has 1 aliphatic heterocycles. The third-order valence-electron chi connectivity index (χ3n) is 2.15. The summed E-state index contributed by atoms with van der Waals surface area (Å²) < 4.78 is 10.2. The second-order valence-electron chi connectivity index (χ2n) is 3.59. The summed E-state index contributed by atoms with van der Waals surface area (Å²) in [4.78, 5) is 30.6. The van der Waals surface area contributed by atoms with Gasteiger partial charge in [-0.3, -0.25) is 14.9 Å². The van der Waals surface area contributed by atoms with Crippen LogP contribution in [0.5, 0.6) is 5.88 Å². The lowest BCUT2D eigenvalue weighted by Gasteiger charge is -2.05. The molecule has 0 atom stereocenters. The van der Waals surface area contributed by atoms with E-state index >= 15 is 0 Å². The zero-order valence-electron chi connectivity index (χ0n) is 10.4. The lowest BCUT2D eigenvalue weighted by atomic mass is 10.3. The molecule has 1 N–H and O–H groups in total. The van der Waals surface area contributed by atoms with Gasteiger partial charge in [0.05, 0.1) is 17.2 Å². The maximum atomic E-state index is 11.4. The second-order valence-corrected chi connectivity index (χ2v) is 4.95. The van der Waals surface area contributed by atoms with Gasteiger partial charge in [-0.2, -0.15) is 4.98 Å². The van der Waals surface area contributed by atoms with Gasteiger partial charge < -0.3 is 9.47 Å². The number of amides is 2. The molecular weight excluding hydrogens is 306 g/mol. The van der Waals surface area contributed by atoms with Crippen molar-refractivity contribution in [2.45, 2.75) is 0 Å². The Morgan fingerprint density at radius 2 is 2.20 bits per heavy atom. The van der Waals surface area contributed by atoms with Crippen LogP contribution in [0.3, 0.4) is 0 Å². The largest absolute Gasteiger partial charge is 0.475 e. The average Bonchev–Trinajstić information content (AvgIpc) is 2.67. The van der Waals surface area contributed by atoms with Crippen molar-refractivity contribution < 1.29 is 19.1 Å². The minimum atomic E-state index is -0.461. The van der Waals surface area contributed by atoms with Gasteiger partial charge in [-0.1, -0.05) is 0 Å². The van der Waals surface area contributed by atoms with Crippen molar-refractivity contribution in [1.82, 2.24) is 15.3 Å². The summed E-state index contributed by atoms with van der Waals surface area (Å²) in [5.41, 5.74) is 0.379. The molecule has 1 fully saturated rings. The van der Waals surface area contributed by atoms with Gasteiger partial charge in [0.15, 0.2) is 0 Å². The number of hydrogen-bond acceptors (Lipinski definition) is 7. The first-order valence-electron chi connectivity index (χ1n) is 5.49. The van der Waals surface area contributed by atoms with Gasteiger partial charge in [-0.05, 0) is 29.4 Å². The number of thioether (sulfide) groups is 1. The van der Waals surface area contributed by atoms with Gasteiger partial charge in [0.1, 0.15) is 6.61 Å². The fraction of sp³-hybridized carbons (Fsp3) is 0.273. The van der Waals surface area contributed by atoms with Crippen molar-refractivity contribution in [1.29, 1.82) is 0 Å². The van der Waals surface area contributed by atoms with E-state index < -0.39 is 11.1 Å². The Morgan fingerprint density at radius 1 is 1.40 bits per heavy atom. The minimum absolute atomic E-state index is 0.0125. The van der Waals surface area contributed by atoms with Gasteiger partial charge in [-0.15, -0.1) is 0 Å². The van der Waals surface area contributed by atoms with Crippen LogP contribution >= 0.6 is 23.4 Å². The maximum Gasteiger partial charge on any atom is 0.290 e. The Hall–Kier alpha value is -1.64. The molecule has 0 spiro atoms. The quantitative estimate of drug-likeness (QED) is 0.500. The first-order chi connectivity index (χ1) is 9.58. The van der Waals surface area contributed by atoms with Crippen LogP contribution < -0.4 is 10.1 Å². The molecule has 0 unspecified atom stereocenters. The molecule has 1 saturated heterocycles. The number of halogens is 1. The van der Waals surface area contributed by atoms with Crippen molar-refractivity contribution in [2.24, 2.45) is 0 Å². The smallest absolute Gasteiger partial charge is 0.290 e. The van der Waals surface area contributed by atoms with E-state index in [4.69, 9.17) is 21.1 Å². The van der Waals surface area contributed by atoms with Crippen LogP contribution in [0.2, 0.25) is 5.28 Å². The van der Waals surface area contributed by atoms with E-state index in [1.807, 2.05) is 0 Å². The molecule has 0 saturated carbocycles. The summed E-state index contributed by atoms with van der Waals surface area (Å²) in [6, 6.07) is 1.52. The van der Waals surface area contributed by atoms with Crippen molar-refractivity contribution in [3.05, 3.63) is 21.9 Å². The molecule has 0 radical (unpaired) electrons. The number of carbonyl (C=O) groups is 2. The predicted molar refractivity (Wildman–Crippen MR) is 73.5 cm³/mol. The number of methoxy groups -OCH3 is 1. The fourth-order valence-electron chi connectivity index (χ4n) is 1.35. The predicted octanol–water partition coefficient (Wildman–Crippen LogP) is 1.48. The third-order valence-corrected chi connectivity index (χ3v) is 3.13. The molecule has 20 heavy (non-hydrogen) atoms. The van der Waals surface area contributed by atoms with E-state index in [2.05, 4.69) is 15.3 Å². The van der Waals surface area contributed by atoms with Crippen molar-refractivity contribution in [3.63, 3.8) is 0 Å². The second kappa shape index (κ2) is 6.69. The zero-order chi connectivity index (χ0) is 14.5. The molecule has 106 valence electrons. The monoisotopic (exact) mass is 315 g/mol. The number of nitrogens with one attached hydrogen (secondary N) is 1. The van der Waals surface area contributed by atoms with E-state index in [-0.39, 0.29) is 16.1 Å². The van der Waals surface area contributed by atoms with Crippen LogP contribution in [-0.2, 0) is 9.53 Å². The number of rotatable bonds is 5. The number of carbonyl (C=O) groups excluding carboxylic acids is 2. The Labute approximate surface area is 123 Å². The van der Waals surface area contributed by atoms with Gasteiger partial charge in [0.2, 0.25) is 11.2 Å². The summed E-state index contributed by atoms with van der Waals surface area (Å²) in [5, 5.41) is 1.72. The molecular formula is C11H10ClN3O4S. The highest BCUT2D eigenvalue weighted by Crippen LogP contribution is 2.26. The lowest BCUT2D eigenvalue weighted by Crippen LogP contribution is -2.17. The standard InChI is InChI=1S/C11H10ClN3O4S/c1-18-2-3-19-8-5-6(13-10(12)14-8)4-7-9(16)15-11(17)20-7/h4-5H,2-3H2,1H3,(H,15,16,17)/b7-4+. The molecule has 2 rings (SSSR count). The average molecular weight is 316 g/mol. The number of nitrogens with zero attached hydrogens (tertiary/aromatic N) is 2. The molecule has 1 aromatic heterocycles. The molecule has 2 amide bonds. The van der Waals surface area contributed by atoms with Crippen LogP contribution in [0, 0.1) is 0 Å². The molecule has 2 heterocycles. The van der Waals surface area contributed by atoms with Gasteiger partial charge in [0.25, 0.3) is 11.1 Å². The Kier molecular flexibility index (Phi) is 4.94. The van der Waals surface area contributed by atoms with E-state index in [0.717, 1.165) is 11.8 Å². The van der Waals surface area contributed by atoms with Crippen LogP contribution in [0.1, 0.15) is 5.69 Å². The van der Waals surface area contributed by atoms with Crippen LogP contribution in [-0.4, -0.2) is 41.4 Å². The number of hydrogen-bond donors (Lipinski definition) is 1. The van der Waals surface area contributed by atoms with Crippen molar-refractivity contribution in [2.75, 3.05) is 20.3 Å². The normalized spacial score (nSPS) is 16.6. The van der Waals surface area contributed by atoms with Crippen LogP contribution in [0.15, 0.2) is 11.0 Å². The highest BCUT2D eigenvalue weighted by atomic mass is 35.5. The van der Waals surface area contributed by atoms with Crippen LogP contribution in [0.25, 0.3) is 6.08 Å². The van der Waals surface area contributed by atoms with Crippen LogP contribution in [0.4, 0.5) is 4.79 Å². The van der Waals surface area contributed by atoms with E-state index in [1.165, 1.54) is 12.1 Å². The van der Waals surface area contributed by atoms with Gasteiger partial charge in [-0.25, -0.2) is 4.98 Å². The fourth-order valence-corrected chi connectivity index (χ4v) is 2.19. The molecule has 0 aromatic carbocycles. The summed E-state index contributed by atoms with van der Waals surface area (Å²) >= 11 is 6.58. The number of ether oxygens (including phenoxy) is 2. The first-order valence-corrected chi connectivity index (χ1v) is 6.69. The summed E-state index contributed by atoms with van der Waals surface area (Å²) in [5.74, 6) is -0.194. The molecule has 0 aliphatic carbocycles. The maximum absolute atomic E-state index is 11.4. The van der Waals surface area contributed by atoms with Gasteiger partial charge in [0, 0.05) is 13.2 Å². The Balaban J connectivity index is 2.17. The molecule has 1 aliphatic rings. The lowest BCUT2D eigenvalue weighted by molar-refractivity contribution is -0.115. The molecule has 7 nitrogen and oxygen atoms in total. The Bertz CT molecular complexity index is 579. The first kappa shape index (κ1) is 14.8. The SMILES string of the molecule is COCCOc1cc(/C=C2/SC(=O)NC2=O)nc(Cl)n1. The molecule has 9 heteroatoms. The topological polar surface area (TPSA) is 90.4 Å². The van der Waals surface area contributed by atoms with E-state index in [1.54, 1.807) is 7.11 Å². The van der Waals surface area contributed by atoms with E-state index in [0.29, 0.717) is 18.9 Å². The summed E-state index contributed by atoms with van der Waals surface area (Å²) in [6.07, 6.45) is 1.45. The minimum Gasteiger partial charge on any atom is -0.475 e. The molecule has 0 bridgehead atoms. The Morgan fingerprint density at radius 3 is 2.85 bits per heavy atom. The zero-order valence-corrected chi connectivity index (χ0v) is 12.0. The van der Waals surface area contributed by atoms with Crippen molar-refractivity contribution >= 4 is 40.6 Å². The third kappa shape index (κ3) is 3.92. The number of aromatic nitrogens is 2. The van der Waals surface area contributed by atoms with Gasteiger partial charge >= 0.3 is 0 Å². The van der Waals surface area contributed by atoms with E-state index in [9.17, 15) is 9.59 Å².